The van der Waals surface area contributed by atoms with Gasteiger partial charge in [0.05, 0.1) is 37.1 Å². The molecule has 1 spiro atoms. The molecule has 0 N–H and O–H groups in total. The first kappa shape index (κ1) is 20.3. The highest BCUT2D eigenvalue weighted by Crippen LogP contribution is 2.43. The van der Waals surface area contributed by atoms with Crippen LogP contribution in [0.15, 0.2) is 6.20 Å². The van der Waals surface area contributed by atoms with E-state index in [0.717, 1.165) is 32.0 Å². The second-order valence-corrected chi connectivity index (χ2v) is 9.39. The highest BCUT2D eigenvalue weighted by atomic mass is 19.1. The van der Waals surface area contributed by atoms with Crippen LogP contribution in [-0.2, 0) is 4.74 Å². The van der Waals surface area contributed by atoms with Gasteiger partial charge < -0.3 is 19.1 Å². The summed E-state index contributed by atoms with van der Waals surface area (Å²) in [6.45, 7) is 5.87. The van der Waals surface area contributed by atoms with E-state index in [2.05, 4.69) is 19.8 Å². The van der Waals surface area contributed by atoms with Crippen molar-refractivity contribution in [2.24, 2.45) is 0 Å². The maximum atomic E-state index is 14.9. The van der Waals surface area contributed by atoms with Gasteiger partial charge in [-0.2, -0.15) is 9.97 Å². The highest BCUT2D eigenvalue weighted by Gasteiger charge is 2.50. The number of hydrogen-bond acceptors (Lipinski definition) is 8. The van der Waals surface area contributed by atoms with E-state index in [-0.39, 0.29) is 29.2 Å². The third-order valence-electron chi connectivity index (χ3n) is 7.53. The fourth-order valence-corrected chi connectivity index (χ4v) is 5.88. The van der Waals surface area contributed by atoms with Gasteiger partial charge in [0.15, 0.2) is 5.82 Å². The zero-order valence-electron chi connectivity index (χ0n) is 18.1. The molecule has 4 aliphatic rings. The lowest BCUT2D eigenvalue weighted by Crippen LogP contribution is -2.63. The first-order chi connectivity index (χ1) is 15.5. The summed E-state index contributed by atoms with van der Waals surface area (Å²) in [6, 6.07) is 0.0986. The van der Waals surface area contributed by atoms with Crippen LogP contribution < -0.4 is 14.4 Å². The quantitative estimate of drug-likeness (QED) is 0.708. The van der Waals surface area contributed by atoms with Crippen LogP contribution in [0.5, 0.6) is 11.9 Å². The Bertz CT molecular complexity index is 1050. The molecule has 3 saturated heterocycles. The predicted octanol–water partition coefficient (Wildman–Crippen LogP) is 2.50. The molecule has 32 heavy (non-hydrogen) atoms. The van der Waals surface area contributed by atoms with Gasteiger partial charge in [-0.3, -0.25) is 4.90 Å². The Morgan fingerprint density at radius 2 is 2.16 bits per heavy atom. The maximum Gasteiger partial charge on any atom is 0.319 e. The van der Waals surface area contributed by atoms with Crippen LogP contribution in [0.2, 0.25) is 0 Å². The van der Waals surface area contributed by atoms with Crippen molar-refractivity contribution < 1.29 is 23.0 Å². The predicted molar refractivity (Wildman–Crippen MR) is 113 cm³/mol. The third kappa shape index (κ3) is 2.95. The smallest absolute Gasteiger partial charge is 0.319 e. The summed E-state index contributed by atoms with van der Waals surface area (Å²) in [5.41, 5.74) is -0.464. The molecule has 6 rings (SSSR count). The van der Waals surface area contributed by atoms with Gasteiger partial charge in [-0.05, 0) is 26.3 Å². The fourth-order valence-electron chi connectivity index (χ4n) is 5.88. The number of fused-ring (bicyclic) bond motifs is 1. The molecular formula is C22H27F2N5O3. The summed E-state index contributed by atoms with van der Waals surface area (Å²) in [6.07, 6.45) is 3.38. The molecule has 10 heteroatoms. The van der Waals surface area contributed by atoms with Crippen molar-refractivity contribution in [3.8, 4) is 11.9 Å². The molecule has 172 valence electrons. The van der Waals surface area contributed by atoms with E-state index in [1.807, 2.05) is 6.92 Å². The molecule has 0 aliphatic carbocycles. The standard InChI is InChI=1S/C22H27F2N5O3/c1-2-29-18-16-17(15(24)9-25-19(16)31-7-5-22(29)11-30-12-22)26-20(27-18)32-13-21-4-3-6-28(21)10-14(23)8-21/h9,14H,2-8,10-13H2,1H3/t14-,21+/m1/s1. The summed E-state index contributed by atoms with van der Waals surface area (Å²) >= 11 is 0. The van der Waals surface area contributed by atoms with Crippen molar-refractivity contribution in [3.63, 3.8) is 0 Å². The lowest BCUT2D eigenvalue weighted by atomic mass is 9.90. The Hall–Kier alpha value is -2.33. The van der Waals surface area contributed by atoms with Gasteiger partial charge in [-0.1, -0.05) is 0 Å². The molecule has 0 amide bonds. The van der Waals surface area contributed by atoms with E-state index >= 15 is 0 Å². The number of hydrogen-bond donors (Lipinski definition) is 0. The summed E-state index contributed by atoms with van der Waals surface area (Å²) in [7, 11) is 0. The van der Waals surface area contributed by atoms with Crippen molar-refractivity contribution >= 4 is 16.7 Å². The van der Waals surface area contributed by atoms with E-state index in [9.17, 15) is 8.78 Å². The van der Waals surface area contributed by atoms with Crippen LogP contribution in [-0.4, -0.2) is 83.2 Å². The number of anilines is 1. The van der Waals surface area contributed by atoms with Crippen LogP contribution in [0.4, 0.5) is 14.6 Å². The number of likely N-dealkylation sites (N-methyl/N-ethyl adjacent to an activating group) is 1. The van der Waals surface area contributed by atoms with Crippen molar-refractivity contribution in [2.75, 3.05) is 51.0 Å². The summed E-state index contributed by atoms with van der Waals surface area (Å²) < 4.78 is 46.6. The van der Waals surface area contributed by atoms with E-state index in [4.69, 9.17) is 19.2 Å². The van der Waals surface area contributed by atoms with Gasteiger partial charge in [-0.25, -0.2) is 13.8 Å². The number of aromatic nitrogens is 3. The van der Waals surface area contributed by atoms with Crippen LogP contribution in [0.1, 0.15) is 32.6 Å². The van der Waals surface area contributed by atoms with Crippen molar-refractivity contribution in [3.05, 3.63) is 12.0 Å². The molecule has 2 aromatic heterocycles. The largest absolute Gasteiger partial charge is 0.477 e. The Labute approximate surface area is 184 Å². The second kappa shape index (κ2) is 7.34. The molecule has 3 fully saturated rings. The minimum atomic E-state index is -0.845. The first-order valence-electron chi connectivity index (χ1n) is 11.4. The number of halogens is 2. The normalized spacial score (nSPS) is 28.8. The Morgan fingerprint density at radius 1 is 1.28 bits per heavy atom. The molecule has 2 aromatic rings. The average molecular weight is 447 g/mol. The summed E-state index contributed by atoms with van der Waals surface area (Å²) in [5, 5.41) is 0.454. The molecular weight excluding hydrogens is 420 g/mol. The molecule has 4 aliphatic heterocycles. The Balaban J connectivity index is 1.42. The average Bonchev–Trinajstić information content (AvgIpc) is 3.26. The van der Waals surface area contributed by atoms with Gasteiger partial charge in [-0.15, -0.1) is 0 Å². The zero-order valence-corrected chi connectivity index (χ0v) is 18.1. The van der Waals surface area contributed by atoms with E-state index in [1.165, 1.54) is 0 Å². The summed E-state index contributed by atoms with van der Waals surface area (Å²) in [5.74, 6) is 0.322. The van der Waals surface area contributed by atoms with Crippen LogP contribution >= 0.6 is 0 Å². The fraction of sp³-hybridized carbons (Fsp3) is 0.682. The maximum absolute atomic E-state index is 14.9. The van der Waals surface area contributed by atoms with E-state index in [0.29, 0.717) is 56.4 Å². The molecule has 0 unspecified atom stereocenters. The minimum Gasteiger partial charge on any atom is -0.477 e. The zero-order chi connectivity index (χ0) is 21.9. The minimum absolute atomic E-state index is 0.0986. The molecule has 8 nitrogen and oxygen atoms in total. The SMILES string of the molecule is CCN1c2nc(OC[C@@]34CCCN3C[C@H](F)C4)nc3c(F)cnc(c23)OCCC12COC2. The lowest BCUT2D eigenvalue weighted by Gasteiger charge is -2.50. The molecule has 0 saturated carbocycles. The Morgan fingerprint density at radius 3 is 2.94 bits per heavy atom. The van der Waals surface area contributed by atoms with Crippen LogP contribution in [0, 0.1) is 5.82 Å². The van der Waals surface area contributed by atoms with Crippen LogP contribution in [0.3, 0.4) is 0 Å². The monoisotopic (exact) mass is 447 g/mol. The van der Waals surface area contributed by atoms with Gasteiger partial charge >= 0.3 is 6.01 Å². The lowest BCUT2D eigenvalue weighted by molar-refractivity contribution is -0.0666. The molecule has 6 heterocycles. The van der Waals surface area contributed by atoms with Crippen LogP contribution in [0.25, 0.3) is 10.9 Å². The third-order valence-corrected chi connectivity index (χ3v) is 7.53. The topological polar surface area (TPSA) is 72.8 Å². The van der Waals surface area contributed by atoms with Gasteiger partial charge in [0, 0.05) is 25.9 Å². The highest BCUT2D eigenvalue weighted by molar-refractivity contribution is 5.94. The molecule has 0 bridgehead atoms. The number of alkyl halides is 1. The molecule has 2 atom stereocenters. The molecule has 0 aromatic carbocycles. The van der Waals surface area contributed by atoms with Gasteiger partial charge in [0.1, 0.15) is 29.5 Å². The second-order valence-electron chi connectivity index (χ2n) is 9.39. The Kier molecular flexibility index (Phi) is 4.66. The number of rotatable bonds is 4. The summed E-state index contributed by atoms with van der Waals surface area (Å²) in [4.78, 5) is 17.6. The van der Waals surface area contributed by atoms with Gasteiger partial charge in [0.25, 0.3) is 0 Å². The van der Waals surface area contributed by atoms with Crippen molar-refractivity contribution in [1.29, 1.82) is 0 Å². The van der Waals surface area contributed by atoms with E-state index in [1.54, 1.807) is 0 Å². The molecule has 0 radical (unpaired) electrons. The number of pyridine rings is 1. The number of nitrogens with zero attached hydrogens (tertiary/aromatic N) is 5. The first-order valence-corrected chi connectivity index (χ1v) is 11.4. The van der Waals surface area contributed by atoms with E-state index < -0.39 is 12.0 Å². The van der Waals surface area contributed by atoms with Crippen molar-refractivity contribution in [1.82, 2.24) is 19.9 Å². The van der Waals surface area contributed by atoms with Crippen molar-refractivity contribution in [2.45, 2.75) is 49.9 Å². The number of ether oxygens (including phenoxy) is 3. The van der Waals surface area contributed by atoms with Gasteiger partial charge in [0.2, 0.25) is 5.88 Å².